The van der Waals surface area contributed by atoms with Crippen LogP contribution < -0.4 is 0 Å². The average molecular weight is 194 g/mol. The zero-order valence-electron chi connectivity index (χ0n) is 7.32. The lowest BCUT2D eigenvalue weighted by molar-refractivity contribution is -0.133. The van der Waals surface area contributed by atoms with E-state index < -0.39 is 0 Å². The summed E-state index contributed by atoms with van der Waals surface area (Å²) < 4.78 is 0. The molecule has 0 aliphatic rings. The molecule has 0 heterocycles. The lowest BCUT2D eigenvalue weighted by Crippen LogP contribution is -2.11. The number of hydrogen-bond acceptors (Lipinski definition) is 3. The van der Waals surface area contributed by atoms with Crippen LogP contribution in [0.2, 0.25) is 0 Å². The third kappa shape index (κ3) is 3.42. The minimum Gasteiger partial charge on any atom is -0.291 e. The number of rotatable bonds is 4. The number of ketones is 2. The van der Waals surface area contributed by atoms with E-state index in [1.54, 1.807) is 0 Å². The maximum absolute atomic E-state index is 10.9. The number of carbonyl (C=O) groups is 2. The van der Waals surface area contributed by atoms with E-state index in [-0.39, 0.29) is 17.3 Å². The van der Waals surface area contributed by atoms with Gasteiger partial charge in [0.1, 0.15) is 0 Å². The summed E-state index contributed by atoms with van der Waals surface area (Å²) in [6.07, 6.45) is 0. The van der Waals surface area contributed by atoms with Crippen LogP contribution in [0, 0.1) is 0 Å². The number of thioether (sulfide) groups is 1. The van der Waals surface area contributed by atoms with Gasteiger partial charge in [-0.25, -0.2) is 0 Å². The molecule has 3 heteroatoms. The third-order valence-corrected chi connectivity index (χ3v) is 2.52. The number of benzene rings is 1. The van der Waals surface area contributed by atoms with Crippen molar-refractivity contribution in [1.82, 2.24) is 0 Å². The predicted molar refractivity (Wildman–Crippen MR) is 52.9 cm³/mol. The fourth-order valence-electron chi connectivity index (χ4n) is 0.767. The van der Waals surface area contributed by atoms with Gasteiger partial charge in [0.15, 0.2) is 5.78 Å². The molecule has 0 amide bonds. The van der Waals surface area contributed by atoms with Crippen molar-refractivity contribution >= 4 is 23.3 Å². The minimum absolute atomic E-state index is 0.235. The van der Waals surface area contributed by atoms with Crippen molar-refractivity contribution in [2.75, 3.05) is 5.75 Å². The molecule has 68 valence electrons. The molecule has 0 aliphatic carbocycles. The van der Waals surface area contributed by atoms with Gasteiger partial charge in [-0.05, 0) is 12.1 Å². The van der Waals surface area contributed by atoms with Gasteiger partial charge in [0.25, 0.3) is 0 Å². The molecule has 0 fully saturated rings. The standard InChI is InChI=1S/C10H10O2S/c1-8(11)10(12)7-13-9-5-3-2-4-6-9/h2-6H,7H2,1H3. The molecular formula is C10H10O2S. The Morgan fingerprint density at radius 2 is 1.85 bits per heavy atom. The molecule has 0 N–H and O–H groups in total. The summed E-state index contributed by atoms with van der Waals surface area (Å²) in [5.74, 6) is -0.461. The quantitative estimate of drug-likeness (QED) is 0.542. The molecule has 0 spiro atoms. The predicted octanol–water partition coefficient (Wildman–Crippen LogP) is 1.94. The third-order valence-electron chi connectivity index (χ3n) is 1.51. The molecule has 1 aromatic carbocycles. The van der Waals surface area contributed by atoms with Gasteiger partial charge in [0.2, 0.25) is 5.78 Å². The molecule has 13 heavy (non-hydrogen) atoms. The molecule has 0 atom stereocenters. The van der Waals surface area contributed by atoms with Gasteiger partial charge >= 0.3 is 0 Å². The molecule has 0 saturated heterocycles. The molecule has 2 nitrogen and oxygen atoms in total. The lowest BCUT2D eigenvalue weighted by Gasteiger charge is -1.97. The summed E-state index contributed by atoms with van der Waals surface area (Å²) in [4.78, 5) is 22.6. The van der Waals surface area contributed by atoms with Crippen molar-refractivity contribution in [1.29, 1.82) is 0 Å². The van der Waals surface area contributed by atoms with E-state index in [0.717, 1.165) is 4.90 Å². The second-order valence-corrected chi connectivity index (χ2v) is 3.63. The van der Waals surface area contributed by atoms with Gasteiger partial charge in [-0.3, -0.25) is 9.59 Å². The van der Waals surface area contributed by atoms with Crippen molar-refractivity contribution in [3.8, 4) is 0 Å². The largest absolute Gasteiger partial charge is 0.291 e. The highest BCUT2D eigenvalue weighted by Gasteiger charge is 2.07. The maximum Gasteiger partial charge on any atom is 0.208 e. The highest BCUT2D eigenvalue weighted by Crippen LogP contribution is 2.16. The monoisotopic (exact) mass is 194 g/mol. The zero-order chi connectivity index (χ0) is 9.68. The number of Topliss-reactive ketones (excluding diaryl/α,β-unsaturated/α-hetero) is 2. The van der Waals surface area contributed by atoms with E-state index in [9.17, 15) is 9.59 Å². The molecule has 0 unspecified atom stereocenters. The Bertz CT molecular complexity index is 306. The SMILES string of the molecule is CC(=O)C(=O)CSc1ccccc1. The van der Waals surface area contributed by atoms with Crippen LogP contribution in [0.4, 0.5) is 0 Å². The summed E-state index contributed by atoms with van der Waals surface area (Å²) in [5, 5.41) is 0. The Labute approximate surface area is 81.3 Å². The van der Waals surface area contributed by atoms with E-state index >= 15 is 0 Å². The molecule has 0 radical (unpaired) electrons. The molecule has 0 aromatic heterocycles. The van der Waals surface area contributed by atoms with Crippen LogP contribution in [-0.4, -0.2) is 17.3 Å². The second-order valence-electron chi connectivity index (χ2n) is 2.58. The lowest BCUT2D eigenvalue weighted by atomic mass is 10.3. The van der Waals surface area contributed by atoms with E-state index in [1.807, 2.05) is 30.3 Å². The molecule has 1 rings (SSSR count). The molecule has 0 saturated carbocycles. The van der Waals surface area contributed by atoms with Crippen LogP contribution in [0.3, 0.4) is 0 Å². The first-order valence-corrected chi connectivity index (χ1v) is 4.90. The Balaban J connectivity index is 2.44. The maximum atomic E-state index is 10.9. The van der Waals surface area contributed by atoms with Crippen LogP contribution in [0.25, 0.3) is 0 Å². The Morgan fingerprint density at radius 3 is 2.38 bits per heavy atom. The topological polar surface area (TPSA) is 34.1 Å². The fourth-order valence-corrected chi connectivity index (χ4v) is 1.62. The molecule has 0 aliphatic heterocycles. The van der Waals surface area contributed by atoms with Gasteiger partial charge in [-0.2, -0.15) is 0 Å². The van der Waals surface area contributed by atoms with Gasteiger partial charge in [0, 0.05) is 11.8 Å². The first kappa shape index (κ1) is 9.99. The highest BCUT2D eigenvalue weighted by atomic mass is 32.2. The van der Waals surface area contributed by atoms with Crippen LogP contribution in [0.5, 0.6) is 0 Å². The van der Waals surface area contributed by atoms with Gasteiger partial charge < -0.3 is 0 Å². The highest BCUT2D eigenvalue weighted by molar-refractivity contribution is 8.00. The van der Waals surface area contributed by atoms with Crippen molar-refractivity contribution in [2.24, 2.45) is 0 Å². The van der Waals surface area contributed by atoms with E-state index in [2.05, 4.69) is 0 Å². The van der Waals surface area contributed by atoms with E-state index in [1.165, 1.54) is 18.7 Å². The Morgan fingerprint density at radius 1 is 1.23 bits per heavy atom. The second kappa shape index (κ2) is 4.82. The number of carbonyl (C=O) groups excluding carboxylic acids is 2. The molecule has 1 aromatic rings. The Hall–Kier alpha value is -1.09. The fraction of sp³-hybridized carbons (Fsp3) is 0.200. The summed E-state index contributed by atoms with van der Waals surface area (Å²) in [5.41, 5.74) is 0. The van der Waals surface area contributed by atoms with E-state index in [4.69, 9.17) is 0 Å². The van der Waals surface area contributed by atoms with Crippen LogP contribution >= 0.6 is 11.8 Å². The first-order valence-electron chi connectivity index (χ1n) is 3.92. The zero-order valence-corrected chi connectivity index (χ0v) is 8.14. The summed E-state index contributed by atoms with van der Waals surface area (Å²) in [6, 6.07) is 9.55. The first-order chi connectivity index (χ1) is 6.20. The van der Waals surface area contributed by atoms with Gasteiger partial charge in [0.05, 0.1) is 5.75 Å². The van der Waals surface area contributed by atoms with Crippen molar-refractivity contribution in [3.05, 3.63) is 30.3 Å². The van der Waals surface area contributed by atoms with Gasteiger partial charge in [-0.15, -0.1) is 11.8 Å². The van der Waals surface area contributed by atoms with Gasteiger partial charge in [-0.1, -0.05) is 18.2 Å². The minimum atomic E-state index is -0.372. The number of hydrogen-bond donors (Lipinski definition) is 0. The van der Waals surface area contributed by atoms with Crippen molar-refractivity contribution in [2.45, 2.75) is 11.8 Å². The van der Waals surface area contributed by atoms with Crippen LogP contribution in [0.15, 0.2) is 35.2 Å². The average Bonchev–Trinajstić information content (AvgIpc) is 2.15. The summed E-state index contributed by atoms with van der Waals surface area (Å²) >= 11 is 1.39. The van der Waals surface area contributed by atoms with Crippen molar-refractivity contribution < 1.29 is 9.59 Å². The normalized spacial score (nSPS) is 9.62. The smallest absolute Gasteiger partial charge is 0.208 e. The van der Waals surface area contributed by atoms with Crippen molar-refractivity contribution in [3.63, 3.8) is 0 Å². The summed E-state index contributed by atoms with van der Waals surface area (Å²) in [6.45, 7) is 1.30. The van der Waals surface area contributed by atoms with E-state index in [0.29, 0.717) is 0 Å². The Kier molecular flexibility index (Phi) is 3.71. The van der Waals surface area contributed by atoms with Crippen LogP contribution in [-0.2, 0) is 9.59 Å². The summed E-state index contributed by atoms with van der Waals surface area (Å²) in [7, 11) is 0. The molecule has 0 bridgehead atoms. The molecular weight excluding hydrogens is 184 g/mol. The van der Waals surface area contributed by atoms with Crippen LogP contribution in [0.1, 0.15) is 6.92 Å².